The van der Waals surface area contributed by atoms with E-state index in [1.165, 1.54) is 29.5 Å². The van der Waals surface area contributed by atoms with Crippen LogP contribution in [-0.2, 0) is 19.3 Å². The molecule has 1 aromatic carbocycles. The highest BCUT2D eigenvalue weighted by molar-refractivity contribution is 6.31. The maximum atomic E-state index is 12.3. The molecule has 3 rings (SSSR count). The number of rotatable bonds is 11. The van der Waals surface area contributed by atoms with Gasteiger partial charge in [0.2, 0.25) is 0 Å². The topological polar surface area (TPSA) is 219 Å². The number of nitrogens with two attached hydrogens (primary N) is 5. The monoisotopic (exact) mass is 530 g/mol. The zero-order valence-electron chi connectivity index (χ0n) is 20.8. The number of benzene rings is 1. The number of carbonyl (C=O) groups excluding carboxylic acids is 1. The fraction of sp³-hybridized carbons (Fsp3) is 0.458. The summed E-state index contributed by atoms with van der Waals surface area (Å²) >= 11 is 5.82. The summed E-state index contributed by atoms with van der Waals surface area (Å²) < 4.78 is 6.05. The predicted octanol–water partition coefficient (Wildman–Crippen LogP) is 1.28. The number of aliphatic imine (C=N–C) groups is 2. The van der Waals surface area contributed by atoms with E-state index in [0.29, 0.717) is 19.7 Å². The molecule has 0 radical (unpaired) electrons. The third kappa shape index (κ3) is 8.10. The summed E-state index contributed by atoms with van der Waals surface area (Å²) in [4.78, 5) is 28.2. The van der Waals surface area contributed by atoms with Crippen molar-refractivity contribution in [2.24, 2.45) is 27.2 Å². The van der Waals surface area contributed by atoms with Crippen LogP contribution in [0.5, 0.6) is 5.75 Å². The number of fused-ring (bicyclic) bond motifs is 1. The van der Waals surface area contributed by atoms with Crippen molar-refractivity contribution in [3.63, 3.8) is 0 Å². The van der Waals surface area contributed by atoms with Crippen LogP contribution in [-0.4, -0.2) is 47.5 Å². The van der Waals surface area contributed by atoms with E-state index >= 15 is 0 Å². The van der Waals surface area contributed by atoms with Crippen molar-refractivity contribution in [3.8, 4) is 5.75 Å². The quantitative estimate of drug-likeness (QED) is 0.140. The highest BCUT2D eigenvalue weighted by Crippen LogP contribution is 2.33. The van der Waals surface area contributed by atoms with Crippen LogP contribution in [0.3, 0.4) is 0 Å². The zero-order valence-corrected chi connectivity index (χ0v) is 21.6. The molecule has 0 saturated carbocycles. The van der Waals surface area contributed by atoms with Gasteiger partial charge in [0.25, 0.3) is 5.91 Å². The average molecular weight is 531 g/mol. The molecule has 200 valence electrons. The lowest BCUT2D eigenvalue weighted by Gasteiger charge is -2.23. The van der Waals surface area contributed by atoms with Crippen molar-refractivity contribution in [3.05, 3.63) is 39.7 Å². The van der Waals surface area contributed by atoms with E-state index in [4.69, 9.17) is 45.0 Å². The number of anilines is 2. The third-order valence-electron chi connectivity index (χ3n) is 5.94. The SMILES string of the molecule is NC(N)=NCCCOc1ccc(CCCCN=C(N)NC(=O)c2nc(Cl)c(N)nc2N)c2c1CCCC2. The first-order chi connectivity index (χ1) is 17.8. The van der Waals surface area contributed by atoms with Crippen LogP contribution in [0.15, 0.2) is 22.1 Å². The molecule has 0 fully saturated rings. The molecule has 1 aromatic heterocycles. The van der Waals surface area contributed by atoms with Gasteiger partial charge in [-0.05, 0) is 67.7 Å². The van der Waals surface area contributed by atoms with Gasteiger partial charge in [-0.2, -0.15) is 0 Å². The first-order valence-electron chi connectivity index (χ1n) is 12.3. The molecule has 1 amide bonds. The average Bonchev–Trinajstić information content (AvgIpc) is 2.86. The molecule has 1 heterocycles. The Bertz CT molecular complexity index is 1160. The summed E-state index contributed by atoms with van der Waals surface area (Å²) in [7, 11) is 0. The molecular formula is C24H35ClN10O2. The van der Waals surface area contributed by atoms with Gasteiger partial charge in [-0.3, -0.25) is 20.1 Å². The molecule has 11 N–H and O–H groups in total. The van der Waals surface area contributed by atoms with E-state index in [9.17, 15) is 4.79 Å². The smallest absolute Gasteiger partial charge is 0.280 e. The van der Waals surface area contributed by atoms with E-state index in [1.807, 2.05) is 0 Å². The summed E-state index contributed by atoms with van der Waals surface area (Å²) in [6.07, 6.45) is 7.88. The minimum absolute atomic E-state index is 0.0298. The van der Waals surface area contributed by atoms with Crippen molar-refractivity contribution in [1.82, 2.24) is 15.3 Å². The van der Waals surface area contributed by atoms with Crippen LogP contribution in [0.1, 0.15) is 59.3 Å². The minimum Gasteiger partial charge on any atom is -0.493 e. The van der Waals surface area contributed by atoms with Crippen molar-refractivity contribution < 1.29 is 9.53 Å². The van der Waals surface area contributed by atoms with Crippen LogP contribution in [0.25, 0.3) is 0 Å². The van der Waals surface area contributed by atoms with Crippen LogP contribution >= 0.6 is 11.6 Å². The molecule has 0 aliphatic heterocycles. The number of guanidine groups is 2. The standard InChI is InChI=1S/C24H35ClN10O2/c25-19-21(27)34-20(26)18(33-19)22(36)35-24(30)32-11-4-3-6-14-9-10-17(16-8-2-1-7-15(14)16)37-13-5-12-31-23(28)29/h9-10H,1-8,11-13H2,(H4,26,27,34)(H4,28,29,31)(H3,30,32,35,36). The minimum atomic E-state index is -0.654. The Morgan fingerprint density at radius 1 is 0.973 bits per heavy atom. The van der Waals surface area contributed by atoms with Crippen molar-refractivity contribution >= 4 is 41.1 Å². The second kappa shape index (κ2) is 13.5. The zero-order chi connectivity index (χ0) is 26.8. The van der Waals surface area contributed by atoms with Crippen molar-refractivity contribution in [1.29, 1.82) is 0 Å². The fourth-order valence-electron chi connectivity index (χ4n) is 4.18. The number of nitrogen functional groups attached to an aromatic ring is 2. The summed E-state index contributed by atoms with van der Waals surface area (Å²) in [5.41, 5.74) is 31.7. The highest BCUT2D eigenvalue weighted by atomic mass is 35.5. The van der Waals surface area contributed by atoms with Gasteiger partial charge in [0.05, 0.1) is 6.61 Å². The molecule has 37 heavy (non-hydrogen) atoms. The lowest BCUT2D eigenvalue weighted by Crippen LogP contribution is -2.38. The Morgan fingerprint density at radius 2 is 1.70 bits per heavy atom. The van der Waals surface area contributed by atoms with E-state index in [1.54, 1.807) is 0 Å². The number of nitrogens with one attached hydrogen (secondary N) is 1. The normalized spacial score (nSPS) is 13.1. The molecule has 2 aromatic rings. The van der Waals surface area contributed by atoms with Gasteiger partial charge in [0.1, 0.15) is 5.75 Å². The summed E-state index contributed by atoms with van der Waals surface area (Å²) in [5.74, 6) is 0.182. The Hall–Kier alpha value is -3.80. The van der Waals surface area contributed by atoms with Gasteiger partial charge in [-0.25, -0.2) is 9.97 Å². The Balaban J connectivity index is 1.49. The van der Waals surface area contributed by atoms with Crippen LogP contribution < -0.4 is 38.7 Å². The number of nitrogens with zero attached hydrogens (tertiary/aromatic N) is 4. The van der Waals surface area contributed by atoms with E-state index < -0.39 is 5.91 Å². The van der Waals surface area contributed by atoms with Crippen LogP contribution in [0.4, 0.5) is 11.6 Å². The molecular weight excluding hydrogens is 496 g/mol. The van der Waals surface area contributed by atoms with E-state index in [2.05, 4.69) is 37.4 Å². The number of unbranched alkanes of at least 4 members (excludes halogenated alkanes) is 1. The summed E-state index contributed by atoms with van der Waals surface area (Å²) in [5, 5.41) is 2.33. The van der Waals surface area contributed by atoms with E-state index in [0.717, 1.165) is 44.3 Å². The number of halogens is 1. The van der Waals surface area contributed by atoms with E-state index in [-0.39, 0.29) is 34.4 Å². The maximum Gasteiger partial charge on any atom is 0.280 e. The van der Waals surface area contributed by atoms with Gasteiger partial charge in [0, 0.05) is 19.5 Å². The first-order valence-corrected chi connectivity index (χ1v) is 12.7. The van der Waals surface area contributed by atoms with Crippen molar-refractivity contribution in [2.75, 3.05) is 31.2 Å². The molecule has 13 heteroatoms. The third-order valence-corrected chi connectivity index (χ3v) is 6.22. The first kappa shape index (κ1) is 27.8. The van der Waals surface area contributed by atoms with Gasteiger partial charge < -0.3 is 33.4 Å². The Morgan fingerprint density at radius 3 is 2.46 bits per heavy atom. The lowest BCUT2D eigenvalue weighted by molar-refractivity contribution is 0.0972. The number of aryl methyl sites for hydroxylation is 1. The van der Waals surface area contributed by atoms with Crippen molar-refractivity contribution in [2.45, 2.75) is 51.4 Å². The predicted molar refractivity (Wildman–Crippen MR) is 147 cm³/mol. The second-order valence-electron chi connectivity index (χ2n) is 8.71. The van der Waals surface area contributed by atoms with Crippen LogP contribution in [0.2, 0.25) is 5.15 Å². The fourth-order valence-corrected chi connectivity index (χ4v) is 4.31. The van der Waals surface area contributed by atoms with Crippen LogP contribution in [0, 0.1) is 0 Å². The maximum absolute atomic E-state index is 12.3. The molecule has 1 aliphatic rings. The number of carbonyl (C=O) groups is 1. The number of hydrogen-bond acceptors (Lipinski definition) is 8. The molecule has 0 spiro atoms. The molecule has 0 atom stereocenters. The number of ether oxygens (including phenoxy) is 1. The highest BCUT2D eigenvalue weighted by Gasteiger charge is 2.18. The number of amides is 1. The Kier molecular flexibility index (Phi) is 10.1. The Labute approximate surface area is 221 Å². The van der Waals surface area contributed by atoms with Gasteiger partial charge in [-0.15, -0.1) is 0 Å². The lowest BCUT2D eigenvalue weighted by atomic mass is 9.86. The molecule has 0 bridgehead atoms. The molecule has 0 unspecified atom stereocenters. The van der Waals surface area contributed by atoms with Gasteiger partial charge in [-0.1, -0.05) is 17.7 Å². The van der Waals surface area contributed by atoms with Gasteiger partial charge >= 0.3 is 0 Å². The summed E-state index contributed by atoms with van der Waals surface area (Å²) in [6, 6.07) is 4.24. The summed E-state index contributed by atoms with van der Waals surface area (Å²) in [6.45, 7) is 1.59. The number of aromatic nitrogens is 2. The van der Waals surface area contributed by atoms with Gasteiger partial charge in [0.15, 0.2) is 34.4 Å². The molecule has 1 aliphatic carbocycles. The largest absolute Gasteiger partial charge is 0.493 e. The second-order valence-corrected chi connectivity index (χ2v) is 9.07. The molecule has 0 saturated heterocycles. The molecule has 12 nitrogen and oxygen atoms in total. The number of hydrogen-bond donors (Lipinski definition) is 6.